The summed E-state index contributed by atoms with van der Waals surface area (Å²) in [6.07, 6.45) is -9.21. The van der Waals surface area contributed by atoms with Gasteiger partial charge < -0.3 is 5.11 Å². The normalized spacial score (nSPS) is 16.1. The number of carboxylic acids is 1. The fourth-order valence-electron chi connectivity index (χ4n) is 2.08. The Morgan fingerprint density at radius 2 is 0.973 bits per heavy atom. The Bertz CT molecular complexity index is 1020. The first-order valence-electron chi connectivity index (χ1n) is 8.42. The Balaban J connectivity index is 7.08. The van der Waals surface area contributed by atoms with Crippen LogP contribution in [0.25, 0.3) is 0 Å². The second-order valence-corrected chi connectivity index (χ2v) is 8.83. The monoisotopic (exact) mass is 611 g/mol. The Morgan fingerprint density at radius 3 is 1.24 bits per heavy atom. The van der Waals surface area contributed by atoms with Crippen molar-refractivity contribution in [2.45, 2.75) is 60.3 Å². The minimum Gasteiger partial charge on any atom is -0.478 e. The summed E-state index contributed by atoms with van der Waals surface area (Å²) in [5.41, 5.74) is -1.26. The predicted octanol–water partition coefficient (Wildman–Crippen LogP) is 5.59. The average molecular weight is 611 g/mol. The minimum atomic E-state index is -8.94. The highest BCUT2D eigenvalue weighted by atomic mass is 32.2. The summed E-state index contributed by atoms with van der Waals surface area (Å²) in [6, 6.07) is 0. The topological polar surface area (TPSA) is 74.7 Å². The van der Waals surface area contributed by atoms with Crippen molar-refractivity contribution in [3.63, 3.8) is 0 Å². The molecule has 37 heavy (non-hydrogen) atoms. The van der Waals surface area contributed by atoms with Crippen molar-refractivity contribution in [3.05, 3.63) is 11.8 Å². The fourth-order valence-corrected chi connectivity index (χ4v) is 3.16. The first-order valence-corrected chi connectivity index (χ1v) is 9.86. The van der Waals surface area contributed by atoms with Gasteiger partial charge in [-0.2, -0.15) is 83.1 Å². The average Bonchev–Trinajstić information content (AvgIpc) is 2.69. The van der Waals surface area contributed by atoms with E-state index in [1.807, 2.05) is 0 Å². The van der Waals surface area contributed by atoms with E-state index in [9.17, 15) is 87.8 Å². The van der Waals surface area contributed by atoms with E-state index in [0.717, 1.165) is 6.92 Å². The number of hydrogen-bond acceptors (Lipinski definition) is 3. The number of nitrogens with zero attached hydrogens (tertiary/aromatic N) is 1. The number of rotatable bonds is 11. The van der Waals surface area contributed by atoms with Crippen LogP contribution in [0.5, 0.6) is 0 Å². The molecular weight excluding hydrogens is 601 g/mol. The maximum atomic E-state index is 14.0. The lowest BCUT2D eigenvalue weighted by molar-refractivity contribution is -0.458. The van der Waals surface area contributed by atoms with Gasteiger partial charge in [0.15, 0.2) is 0 Å². The number of carboxylic acid groups (broad SMARTS) is 1. The standard InChI is InChI=1S/C14H10F17NO4S/c1-3-5(6(33)34)4-32(2)37(35,36)14(30,31)12(25,26)10(21,22)8(17,18)7(15,16)9(19,20)11(23,24)13(27,28)29/h4H,3H2,1-2H3,(H,33,34). The molecule has 0 amide bonds. The number of halogens is 17. The van der Waals surface area contributed by atoms with Crippen molar-refractivity contribution < 1.29 is 93.0 Å². The number of alkyl halides is 17. The van der Waals surface area contributed by atoms with Crippen LogP contribution in [-0.2, 0) is 14.8 Å². The molecule has 0 aliphatic heterocycles. The molecule has 0 aliphatic rings. The number of sulfonamides is 1. The van der Waals surface area contributed by atoms with Gasteiger partial charge in [-0.15, -0.1) is 0 Å². The van der Waals surface area contributed by atoms with E-state index in [-0.39, 0.29) is 7.05 Å². The molecule has 1 N–H and O–H groups in total. The molecule has 0 aliphatic carbocycles. The Hall–Kier alpha value is -2.23. The number of hydrogen-bond donors (Lipinski definition) is 1. The second-order valence-electron chi connectivity index (χ2n) is 6.80. The zero-order chi connectivity index (χ0) is 30.6. The van der Waals surface area contributed by atoms with Crippen molar-refractivity contribution in [2.24, 2.45) is 0 Å². The summed E-state index contributed by atoms with van der Waals surface area (Å²) in [6.45, 7) is 0.862. The molecule has 0 spiro atoms. The maximum Gasteiger partial charge on any atom is 0.460 e. The van der Waals surface area contributed by atoms with Gasteiger partial charge >= 0.3 is 63.0 Å². The van der Waals surface area contributed by atoms with E-state index in [0.29, 0.717) is 0 Å². The van der Waals surface area contributed by atoms with Crippen LogP contribution < -0.4 is 0 Å². The highest BCUT2D eigenvalue weighted by molar-refractivity contribution is 7.90. The van der Waals surface area contributed by atoms with Gasteiger partial charge in [-0.25, -0.2) is 4.79 Å². The second kappa shape index (κ2) is 9.20. The van der Waals surface area contributed by atoms with Gasteiger partial charge in [0.1, 0.15) is 0 Å². The first kappa shape index (κ1) is 34.8. The molecule has 0 radical (unpaired) electrons. The van der Waals surface area contributed by atoms with Crippen LogP contribution in [0.2, 0.25) is 0 Å². The first-order chi connectivity index (χ1) is 15.8. The molecular formula is C14H10F17NO4S. The lowest BCUT2D eigenvalue weighted by atomic mass is 9.91. The van der Waals surface area contributed by atoms with Crippen molar-refractivity contribution in [2.75, 3.05) is 7.05 Å². The lowest BCUT2D eigenvalue weighted by Crippen LogP contribution is -2.75. The zero-order valence-electron chi connectivity index (χ0n) is 17.2. The summed E-state index contributed by atoms with van der Waals surface area (Å²) in [5.74, 6) is -54.3. The number of carbonyl (C=O) groups is 1. The van der Waals surface area contributed by atoms with Crippen LogP contribution in [0.1, 0.15) is 13.3 Å². The lowest BCUT2D eigenvalue weighted by Gasteiger charge is -2.42. The molecule has 0 atom stereocenters. The van der Waals surface area contributed by atoms with E-state index in [1.165, 1.54) is 0 Å². The van der Waals surface area contributed by atoms with E-state index >= 15 is 0 Å². The SMILES string of the molecule is CCC(=CN(C)S(=O)(=O)C(F)(F)C(F)(F)C(F)(F)C(F)(F)C(F)(F)C(F)(F)C(F)(F)C(F)(F)F)C(=O)O. The molecule has 220 valence electrons. The Morgan fingerprint density at radius 1 is 0.676 bits per heavy atom. The molecule has 0 unspecified atom stereocenters. The van der Waals surface area contributed by atoms with Gasteiger partial charge in [-0.3, -0.25) is 4.31 Å². The molecule has 5 nitrogen and oxygen atoms in total. The molecule has 0 aromatic heterocycles. The van der Waals surface area contributed by atoms with E-state index < -0.39 is 85.5 Å². The van der Waals surface area contributed by atoms with Crippen LogP contribution in [0.4, 0.5) is 74.6 Å². The van der Waals surface area contributed by atoms with Crippen molar-refractivity contribution in [3.8, 4) is 0 Å². The summed E-state index contributed by atoms with van der Waals surface area (Å²) in [4.78, 5) is 10.7. The van der Waals surface area contributed by atoms with Crippen LogP contribution in [0, 0.1) is 0 Å². The predicted molar refractivity (Wildman–Crippen MR) is 83.4 cm³/mol. The van der Waals surface area contributed by atoms with Crippen LogP contribution in [0.15, 0.2) is 11.8 Å². The van der Waals surface area contributed by atoms with Gasteiger partial charge in [0.2, 0.25) is 0 Å². The third-order valence-electron chi connectivity index (χ3n) is 4.39. The highest BCUT2D eigenvalue weighted by Gasteiger charge is 2.96. The molecule has 0 heterocycles. The third kappa shape index (κ3) is 4.63. The fraction of sp³-hybridized carbons (Fsp3) is 0.786. The van der Waals surface area contributed by atoms with Gasteiger partial charge in [-0.1, -0.05) is 6.92 Å². The summed E-state index contributed by atoms with van der Waals surface area (Å²) >= 11 is 0. The molecule has 0 aromatic carbocycles. The largest absolute Gasteiger partial charge is 0.478 e. The molecule has 0 aromatic rings. The summed E-state index contributed by atoms with van der Waals surface area (Å²) in [7, 11) is -7.87. The van der Waals surface area contributed by atoms with Crippen LogP contribution in [0.3, 0.4) is 0 Å². The molecule has 23 heteroatoms. The van der Waals surface area contributed by atoms with E-state index in [1.54, 1.807) is 0 Å². The van der Waals surface area contributed by atoms with Crippen LogP contribution >= 0.6 is 0 Å². The van der Waals surface area contributed by atoms with Crippen molar-refractivity contribution in [1.29, 1.82) is 0 Å². The van der Waals surface area contributed by atoms with Crippen LogP contribution in [-0.4, -0.2) is 77.8 Å². The highest BCUT2D eigenvalue weighted by Crippen LogP contribution is 2.64. The molecule has 0 fully saturated rings. The van der Waals surface area contributed by atoms with Gasteiger partial charge in [0, 0.05) is 13.2 Å². The molecule has 0 rings (SSSR count). The Labute approximate surface area is 193 Å². The van der Waals surface area contributed by atoms with Gasteiger partial charge in [0.05, 0.1) is 5.57 Å². The summed E-state index contributed by atoms with van der Waals surface area (Å²) in [5, 5.41) is 0.878. The van der Waals surface area contributed by atoms with Gasteiger partial charge in [-0.05, 0) is 6.42 Å². The maximum absolute atomic E-state index is 14.0. The van der Waals surface area contributed by atoms with E-state index in [2.05, 4.69) is 0 Å². The quantitative estimate of drug-likeness (QED) is 0.244. The van der Waals surface area contributed by atoms with Crippen molar-refractivity contribution >= 4 is 16.0 Å². The zero-order valence-corrected chi connectivity index (χ0v) is 18.1. The third-order valence-corrected chi connectivity index (χ3v) is 6.16. The van der Waals surface area contributed by atoms with Crippen molar-refractivity contribution in [1.82, 2.24) is 4.31 Å². The van der Waals surface area contributed by atoms with Gasteiger partial charge in [0.25, 0.3) is 0 Å². The smallest absolute Gasteiger partial charge is 0.460 e. The Kier molecular flexibility index (Phi) is 8.65. The number of aliphatic carboxylic acids is 1. The summed E-state index contributed by atoms with van der Waals surface area (Å²) < 4.78 is 247. The molecule has 0 saturated heterocycles. The van der Waals surface area contributed by atoms with E-state index in [4.69, 9.17) is 5.11 Å². The molecule has 0 bridgehead atoms. The minimum absolute atomic E-state index is 0.291. The molecule has 0 saturated carbocycles.